The first-order valence-electron chi connectivity index (χ1n) is 8.66. The van der Waals surface area contributed by atoms with E-state index in [0.29, 0.717) is 0 Å². The first-order valence-corrected chi connectivity index (χ1v) is 10.1. The molecule has 29 heavy (non-hydrogen) atoms. The van der Waals surface area contributed by atoms with Crippen LogP contribution in [0.3, 0.4) is 0 Å². The molecule has 2 aromatic rings. The van der Waals surface area contributed by atoms with Crippen molar-refractivity contribution in [1.29, 1.82) is 5.26 Å². The first kappa shape index (κ1) is 20.6. The molecule has 1 amide bonds. The average molecular weight is 418 g/mol. The Bertz CT molecular complexity index is 1130. The van der Waals surface area contributed by atoms with Gasteiger partial charge in [0.1, 0.15) is 23.4 Å². The van der Waals surface area contributed by atoms with E-state index < -0.39 is 27.8 Å². The number of nitrogens with zero attached hydrogens (tertiary/aromatic N) is 2. The van der Waals surface area contributed by atoms with Gasteiger partial charge in [-0.15, -0.1) is 6.58 Å². The van der Waals surface area contributed by atoms with E-state index in [9.17, 15) is 17.6 Å². The van der Waals surface area contributed by atoms with Gasteiger partial charge in [-0.05, 0) is 24.1 Å². The van der Waals surface area contributed by atoms with Crippen LogP contribution in [0.1, 0.15) is 23.0 Å². The van der Waals surface area contributed by atoms with E-state index in [1.165, 1.54) is 29.9 Å². The van der Waals surface area contributed by atoms with Crippen LogP contribution in [-0.2, 0) is 17.1 Å². The second-order valence-corrected chi connectivity index (χ2v) is 8.36. The highest BCUT2D eigenvalue weighted by Crippen LogP contribution is 2.33. The number of nitrogens with one attached hydrogen (secondary N) is 2. The van der Waals surface area contributed by atoms with Crippen LogP contribution in [-0.4, -0.2) is 31.5 Å². The lowest BCUT2D eigenvalue weighted by molar-refractivity contribution is 0.101. The van der Waals surface area contributed by atoms with Crippen molar-refractivity contribution in [1.82, 2.24) is 9.29 Å². The second-order valence-electron chi connectivity index (χ2n) is 6.68. The summed E-state index contributed by atoms with van der Waals surface area (Å²) in [7, 11) is -2.41. The highest BCUT2D eigenvalue weighted by Gasteiger charge is 2.35. The Morgan fingerprint density at radius 2 is 2.28 bits per heavy atom. The summed E-state index contributed by atoms with van der Waals surface area (Å²) in [6, 6.07) is 4.71. The quantitative estimate of drug-likeness (QED) is 0.739. The molecule has 0 saturated heterocycles. The molecule has 0 spiro atoms. The van der Waals surface area contributed by atoms with Crippen LogP contribution in [0.5, 0.6) is 5.75 Å². The van der Waals surface area contributed by atoms with Gasteiger partial charge < -0.3 is 14.6 Å². The number of rotatable bonds is 4. The topological polar surface area (TPSA) is 113 Å². The average Bonchev–Trinajstić information content (AvgIpc) is 2.96. The highest BCUT2D eigenvalue weighted by molar-refractivity contribution is 7.89. The zero-order valence-electron chi connectivity index (χ0n) is 15.8. The standard InChI is InChI=1S/C19H19FN4O4S/c1-4-11(2)15-10-28-18-16(29(26,27)23-15)9-24(3)17(18)19(25)22-13-5-6-14(20)12(7-13)8-21/h4-7,9,11,15,23H,1,10H2,2-3H3,(H,22,25)/t11-,15+/m0/s1. The monoisotopic (exact) mass is 418 g/mol. The Kier molecular flexibility index (Phi) is 5.46. The summed E-state index contributed by atoms with van der Waals surface area (Å²) < 4.78 is 48.6. The van der Waals surface area contributed by atoms with E-state index in [0.717, 1.165) is 6.07 Å². The first-order chi connectivity index (χ1) is 13.7. The summed E-state index contributed by atoms with van der Waals surface area (Å²) in [6.45, 7) is 5.48. The molecule has 0 unspecified atom stereocenters. The van der Waals surface area contributed by atoms with Gasteiger partial charge in [-0.25, -0.2) is 17.5 Å². The van der Waals surface area contributed by atoms with Gasteiger partial charge in [0.2, 0.25) is 10.0 Å². The van der Waals surface area contributed by atoms with Gasteiger partial charge in [0.05, 0.1) is 11.6 Å². The number of anilines is 1. The highest BCUT2D eigenvalue weighted by atomic mass is 32.2. The van der Waals surface area contributed by atoms with E-state index in [1.807, 2.05) is 0 Å². The molecule has 0 saturated carbocycles. The predicted octanol–water partition coefficient (Wildman–Crippen LogP) is 2.15. The van der Waals surface area contributed by atoms with E-state index in [4.69, 9.17) is 10.00 Å². The molecule has 1 aromatic carbocycles. The minimum absolute atomic E-state index is 0.0127. The van der Waals surface area contributed by atoms with Crippen molar-refractivity contribution in [3.63, 3.8) is 0 Å². The number of fused-ring (bicyclic) bond motifs is 1. The Morgan fingerprint density at radius 3 is 2.93 bits per heavy atom. The number of amides is 1. The Hall–Kier alpha value is -3.16. The number of ether oxygens (including phenoxy) is 1. The number of carbonyl (C=O) groups excluding carboxylic acids is 1. The van der Waals surface area contributed by atoms with Crippen LogP contribution in [0.25, 0.3) is 0 Å². The molecular formula is C19H19FN4O4S. The molecular weight excluding hydrogens is 399 g/mol. The summed E-state index contributed by atoms with van der Waals surface area (Å²) in [4.78, 5) is 12.7. The van der Waals surface area contributed by atoms with E-state index in [-0.39, 0.29) is 40.1 Å². The van der Waals surface area contributed by atoms with Gasteiger partial charge in [-0.1, -0.05) is 13.0 Å². The van der Waals surface area contributed by atoms with Crippen molar-refractivity contribution in [2.24, 2.45) is 13.0 Å². The number of hydrogen-bond acceptors (Lipinski definition) is 5. The summed E-state index contributed by atoms with van der Waals surface area (Å²) in [5.41, 5.74) is -0.0476. The van der Waals surface area contributed by atoms with Crippen LogP contribution >= 0.6 is 0 Å². The number of sulfonamides is 1. The van der Waals surface area contributed by atoms with Crippen molar-refractivity contribution in [3.05, 3.63) is 54.1 Å². The number of benzene rings is 1. The molecule has 1 aromatic heterocycles. The molecule has 2 atom stereocenters. The van der Waals surface area contributed by atoms with E-state index in [1.54, 1.807) is 19.1 Å². The molecule has 1 aliphatic rings. The van der Waals surface area contributed by atoms with Gasteiger partial charge in [0.15, 0.2) is 11.4 Å². The smallest absolute Gasteiger partial charge is 0.276 e. The molecule has 3 rings (SSSR count). The van der Waals surface area contributed by atoms with E-state index >= 15 is 0 Å². The lowest BCUT2D eigenvalue weighted by Crippen LogP contribution is -2.41. The molecule has 0 bridgehead atoms. The maximum atomic E-state index is 13.5. The fourth-order valence-corrected chi connectivity index (χ4v) is 4.45. The lowest BCUT2D eigenvalue weighted by atomic mass is 10.0. The summed E-state index contributed by atoms with van der Waals surface area (Å²) in [5.74, 6) is -1.63. The van der Waals surface area contributed by atoms with E-state index in [2.05, 4.69) is 16.6 Å². The van der Waals surface area contributed by atoms with Crippen LogP contribution in [0.4, 0.5) is 10.1 Å². The predicted molar refractivity (Wildman–Crippen MR) is 103 cm³/mol. The van der Waals surface area contributed by atoms with Crippen LogP contribution < -0.4 is 14.8 Å². The van der Waals surface area contributed by atoms with Crippen molar-refractivity contribution >= 4 is 21.6 Å². The fourth-order valence-electron chi connectivity index (χ4n) is 2.94. The zero-order valence-corrected chi connectivity index (χ0v) is 16.6. The normalized spacial score (nSPS) is 18.5. The molecule has 2 N–H and O–H groups in total. The van der Waals surface area contributed by atoms with Crippen LogP contribution in [0, 0.1) is 23.1 Å². The summed E-state index contributed by atoms with van der Waals surface area (Å²) >= 11 is 0. The molecule has 0 radical (unpaired) electrons. The fraction of sp³-hybridized carbons (Fsp3) is 0.263. The third kappa shape index (κ3) is 3.87. The molecule has 8 nitrogen and oxygen atoms in total. The van der Waals surface area contributed by atoms with Crippen LogP contribution in [0.15, 0.2) is 41.9 Å². The van der Waals surface area contributed by atoms with Gasteiger partial charge >= 0.3 is 0 Å². The second kappa shape index (κ2) is 7.69. The summed E-state index contributed by atoms with van der Waals surface area (Å²) in [5, 5.41) is 11.5. The molecule has 1 aliphatic heterocycles. The zero-order chi connectivity index (χ0) is 21.3. The number of aryl methyl sites for hydroxylation is 1. The Labute approximate surface area is 167 Å². The van der Waals surface area contributed by atoms with Crippen molar-refractivity contribution in [2.45, 2.75) is 17.9 Å². The van der Waals surface area contributed by atoms with Gasteiger partial charge in [-0.2, -0.15) is 5.26 Å². The van der Waals surface area contributed by atoms with Gasteiger partial charge in [0.25, 0.3) is 5.91 Å². The number of nitriles is 1. The Morgan fingerprint density at radius 1 is 1.55 bits per heavy atom. The largest absolute Gasteiger partial charge is 0.488 e. The third-order valence-corrected chi connectivity index (χ3v) is 6.15. The maximum Gasteiger partial charge on any atom is 0.276 e. The number of aromatic nitrogens is 1. The third-order valence-electron chi connectivity index (χ3n) is 4.67. The lowest BCUT2D eigenvalue weighted by Gasteiger charge is -2.19. The molecule has 152 valence electrons. The van der Waals surface area contributed by atoms with Crippen molar-refractivity contribution < 1.29 is 22.3 Å². The Balaban J connectivity index is 1.97. The van der Waals surface area contributed by atoms with Crippen molar-refractivity contribution in [3.8, 4) is 11.8 Å². The SMILES string of the molecule is C=C[C@H](C)[C@H]1COc2c(cn(C)c2C(=O)Nc2ccc(F)c(C#N)c2)S(=O)(=O)N1. The molecule has 0 aliphatic carbocycles. The van der Waals surface area contributed by atoms with Crippen LogP contribution in [0.2, 0.25) is 0 Å². The minimum Gasteiger partial charge on any atom is -0.488 e. The molecule has 0 fully saturated rings. The number of halogens is 1. The minimum atomic E-state index is -3.92. The maximum absolute atomic E-state index is 13.5. The molecule has 2 heterocycles. The van der Waals surface area contributed by atoms with Crippen molar-refractivity contribution in [2.75, 3.05) is 11.9 Å². The number of hydrogen-bond donors (Lipinski definition) is 2. The number of carbonyl (C=O) groups is 1. The van der Waals surface area contributed by atoms with Gasteiger partial charge in [0, 0.05) is 18.9 Å². The summed E-state index contributed by atoms with van der Waals surface area (Å²) in [6.07, 6.45) is 2.90. The molecule has 10 heteroatoms. The van der Waals surface area contributed by atoms with Gasteiger partial charge in [-0.3, -0.25) is 4.79 Å².